The van der Waals surface area contributed by atoms with E-state index in [0.29, 0.717) is 41.7 Å². The van der Waals surface area contributed by atoms with Crippen molar-refractivity contribution in [2.45, 2.75) is 19.4 Å². The van der Waals surface area contributed by atoms with Gasteiger partial charge in [-0.3, -0.25) is 9.59 Å². The lowest BCUT2D eigenvalue weighted by Crippen LogP contribution is -2.41. The van der Waals surface area contributed by atoms with Crippen molar-refractivity contribution in [3.63, 3.8) is 0 Å². The van der Waals surface area contributed by atoms with Crippen LogP contribution in [-0.4, -0.2) is 44.1 Å². The van der Waals surface area contributed by atoms with Gasteiger partial charge in [-0.25, -0.2) is 4.98 Å². The Hall–Kier alpha value is -4.27. The van der Waals surface area contributed by atoms with Crippen molar-refractivity contribution >= 4 is 23.3 Å². The molecule has 0 bridgehead atoms. The van der Waals surface area contributed by atoms with Gasteiger partial charge < -0.3 is 30.2 Å². The maximum Gasteiger partial charge on any atom is 0.255 e. The maximum atomic E-state index is 13.0. The normalized spacial score (nSPS) is 15.2. The molecule has 0 saturated carbocycles. The number of piperidine rings is 1. The van der Waals surface area contributed by atoms with Gasteiger partial charge in [-0.05, 0) is 42.7 Å². The van der Waals surface area contributed by atoms with Gasteiger partial charge >= 0.3 is 0 Å². The number of primary amides is 1. The van der Waals surface area contributed by atoms with Gasteiger partial charge in [0.05, 0.1) is 32.0 Å². The van der Waals surface area contributed by atoms with Gasteiger partial charge in [0, 0.05) is 18.7 Å². The van der Waals surface area contributed by atoms with Crippen molar-refractivity contribution in [3.8, 4) is 17.2 Å². The molecule has 1 aromatic heterocycles. The molecule has 3 aromatic rings. The Morgan fingerprint density at radius 2 is 1.81 bits per heavy atom. The smallest absolute Gasteiger partial charge is 0.255 e. The molecule has 9 heteroatoms. The number of rotatable bonds is 9. The van der Waals surface area contributed by atoms with Crippen molar-refractivity contribution in [2.24, 2.45) is 11.7 Å². The molecule has 1 saturated heterocycles. The second-order valence-electron chi connectivity index (χ2n) is 8.53. The summed E-state index contributed by atoms with van der Waals surface area (Å²) in [5, 5.41) is 2.85. The third-order valence-corrected chi connectivity index (χ3v) is 6.10. The number of methoxy groups -OCH3 is 2. The van der Waals surface area contributed by atoms with Gasteiger partial charge in [-0.2, -0.15) is 0 Å². The van der Waals surface area contributed by atoms with Crippen LogP contribution in [0.25, 0.3) is 0 Å². The molecule has 3 N–H and O–H groups in total. The largest absolute Gasteiger partial charge is 0.493 e. The Balaban J connectivity index is 1.45. The highest BCUT2D eigenvalue weighted by molar-refractivity contribution is 6.05. The lowest BCUT2D eigenvalue weighted by Gasteiger charge is -2.32. The van der Waals surface area contributed by atoms with Gasteiger partial charge in [0.1, 0.15) is 12.4 Å². The summed E-state index contributed by atoms with van der Waals surface area (Å²) in [4.78, 5) is 31.1. The number of aromatic nitrogens is 1. The number of carbonyl (C=O) groups is 2. The molecule has 0 aliphatic carbocycles. The molecule has 1 aliphatic heterocycles. The van der Waals surface area contributed by atoms with Crippen LogP contribution in [0, 0.1) is 5.92 Å². The Morgan fingerprint density at radius 1 is 1.08 bits per heavy atom. The number of amides is 2. The van der Waals surface area contributed by atoms with Crippen molar-refractivity contribution < 1.29 is 23.8 Å². The molecule has 4 rings (SSSR count). The molecule has 1 fully saturated rings. The minimum Gasteiger partial charge on any atom is -0.493 e. The zero-order chi connectivity index (χ0) is 25.5. The molecular weight excluding hydrogens is 460 g/mol. The standard InChI is InChI=1S/C27H30N4O5/c1-34-22-13-20(14-23(35-2)25(22)36-17-18-7-4-3-5-8-18)27(33)30-21-10-11-24(29-15-21)31-12-6-9-19(16-31)26(28)32/h3-5,7-8,10-11,13-15,19H,6,9,12,16-17H2,1-2H3,(H2,28,32)(H,30,33). The molecule has 1 atom stereocenters. The number of hydrogen-bond donors (Lipinski definition) is 2. The average molecular weight is 491 g/mol. The van der Waals surface area contributed by atoms with Crippen molar-refractivity contribution in [2.75, 3.05) is 37.5 Å². The van der Waals surface area contributed by atoms with Gasteiger partial charge in [0.15, 0.2) is 11.5 Å². The summed E-state index contributed by atoms with van der Waals surface area (Å²) in [7, 11) is 3.02. The SMILES string of the molecule is COc1cc(C(=O)Nc2ccc(N3CCCC(C(N)=O)C3)nc2)cc(OC)c1OCc1ccccc1. The monoisotopic (exact) mass is 490 g/mol. The van der Waals surface area contributed by atoms with E-state index in [1.807, 2.05) is 41.3 Å². The summed E-state index contributed by atoms with van der Waals surface area (Å²) in [6, 6.07) is 16.5. The number of carbonyl (C=O) groups excluding carboxylic acids is 2. The van der Waals surface area contributed by atoms with Crippen LogP contribution in [0.5, 0.6) is 17.2 Å². The van der Waals surface area contributed by atoms with Crippen molar-refractivity contribution in [3.05, 3.63) is 71.9 Å². The first kappa shape index (κ1) is 24.8. The molecule has 2 aromatic carbocycles. The van der Waals surface area contributed by atoms with Crippen LogP contribution in [-0.2, 0) is 11.4 Å². The first-order valence-corrected chi connectivity index (χ1v) is 11.7. The summed E-state index contributed by atoms with van der Waals surface area (Å²) in [6.07, 6.45) is 3.26. The zero-order valence-corrected chi connectivity index (χ0v) is 20.4. The van der Waals surface area contributed by atoms with E-state index < -0.39 is 0 Å². The van der Waals surface area contributed by atoms with E-state index in [-0.39, 0.29) is 17.7 Å². The summed E-state index contributed by atoms with van der Waals surface area (Å²) in [5.41, 5.74) is 7.36. The number of anilines is 2. The summed E-state index contributed by atoms with van der Waals surface area (Å²) in [6.45, 7) is 1.68. The first-order chi connectivity index (χ1) is 17.5. The summed E-state index contributed by atoms with van der Waals surface area (Å²) >= 11 is 0. The van der Waals surface area contributed by atoms with Gasteiger partial charge in [0.2, 0.25) is 11.7 Å². The van der Waals surface area contributed by atoms with Crippen molar-refractivity contribution in [1.82, 2.24) is 4.98 Å². The minimum absolute atomic E-state index is 0.176. The van der Waals surface area contributed by atoms with E-state index in [9.17, 15) is 9.59 Å². The Bertz CT molecular complexity index is 1180. The molecule has 188 valence electrons. The molecule has 1 aliphatic rings. The Labute approximate surface area is 210 Å². The maximum absolute atomic E-state index is 13.0. The summed E-state index contributed by atoms with van der Waals surface area (Å²) in [5.74, 6) is 1.12. The fraction of sp³-hybridized carbons (Fsp3) is 0.296. The Kier molecular flexibility index (Phi) is 7.89. The molecular formula is C27H30N4O5. The number of nitrogens with two attached hydrogens (primary N) is 1. The minimum atomic E-state index is -0.345. The molecule has 2 heterocycles. The van der Waals surface area contributed by atoms with Crippen molar-refractivity contribution in [1.29, 1.82) is 0 Å². The molecule has 9 nitrogen and oxygen atoms in total. The van der Waals surface area contributed by atoms with Crippen LogP contribution in [0.4, 0.5) is 11.5 Å². The number of pyridine rings is 1. The van der Waals surface area contributed by atoms with Crippen LogP contribution in [0.1, 0.15) is 28.8 Å². The molecule has 36 heavy (non-hydrogen) atoms. The van der Waals surface area contributed by atoms with E-state index in [1.165, 1.54) is 14.2 Å². The number of nitrogens with one attached hydrogen (secondary N) is 1. The molecule has 0 radical (unpaired) electrons. The predicted molar refractivity (Wildman–Crippen MR) is 137 cm³/mol. The Morgan fingerprint density at radius 3 is 2.42 bits per heavy atom. The fourth-order valence-corrected chi connectivity index (χ4v) is 4.15. The van der Waals surface area contributed by atoms with Crippen LogP contribution < -0.4 is 30.2 Å². The zero-order valence-electron chi connectivity index (χ0n) is 20.4. The molecule has 1 unspecified atom stereocenters. The predicted octanol–water partition coefficient (Wildman–Crippen LogP) is 3.63. The molecule has 2 amide bonds. The number of hydrogen-bond acceptors (Lipinski definition) is 7. The fourth-order valence-electron chi connectivity index (χ4n) is 4.15. The van der Waals surface area contributed by atoms with Crippen LogP contribution in [0.3, 0.4) is 0 Å². The number of ether oxygens (including phenoxy) is 3. The number of nitrogens with zero attached hydrogens (tertiary/aromatic N) is 2. The van der Waals surface area contributed by atoms with E-state index in [2.05, 4.69) is 10.3 Å². The quantitative estimate of drug-likeness (QED) is 0.470. The highest BCUT2D eigenvalue weighted by Crippen LogP contribution is 2.39. The second kappa shape index (κ2) is 11.4. The lowest BCUT2D eigenvalue weighted by atomic mass is 9.97. The van der Waals surface area contributed by atoms with E-state index in [1.54, 1.807) is 24.4 Å². The third-order valence-electron chi connectivity index (χ3n) is 6.10. The molecule has 0 spiro atoms. The third kappa shape index (κ3) is 5.86. The first-order valence-electron chi connectivity index (χ1n) is 11.7. The van der Waals surface area contributed by atoms with Crippen LogP contribution >= 0.6 is 0 Å². The van der Waals surface area contributed by atoms with Crippen LogP contribution in [0.2, 0.25) is 0 Å². The second-order valence-corrected chi connectivity index (χ2v) is 8.53. The van der Waals surface area contributed by atoms with Gasteiger partial charge in [-0.15, -0.1) is 0 Å². The highest BCUT2D eigenvalue weighted by atomic mass is 16.5. The lowest BCUT2D eigenvalue weighted by molar-refractivity contribution is -0.122. The summed E-state index contributed by atoms with van der Waals surface area (Å²) < 4.78 is 16.9. The van der Waals surface area contributed by atoms with Crippen LogP contribution in [0.15, 0.2) is 60.8 Å². The van der Waals surface area contributed by atoms with E-state index >= 15 is 0 Å². The number of benzene rings is 2. The van der Waals surface area contributed by atoms with Gasteiger partial charge in [-0.1, -0.05) is 30.3 Å². The topological polar surface area (TPSA) is 116 Å². The van der Waals surface area contributed by atoms with E-state index in [4.69, 9.17) is 19.9 Å². The highest BCUT2D eigenvalue weighted by Gasteiger charge is 2.25. The van der Waals surface area contributed by atoms with E-state index in [0.717, 1.165) is 30.8 Å². The van der Waals surface area contributed by atoms with Gasteiger partial charge in [0.25, 0.3) is 5.91 Å². The average Bonchev–Trinajstić information content (AvgIpc) is 2.92.